The molecule has 5 nitrogen and oxygen atoms in total. The van der Waals surface area contributed by atoms with E-state index in [0.29, 0.717) is 24.2 Å². The number of primary amides is 1. The molecule has 1 aromatic rings. The van der Waals surface area contributed by atoms with Crippen molar-refractivity contribution in [3.05, 3.63) is 35.4 Å². The molecule has 102 valence electrons. The number of benzene rings is 1. The standard InChI is InChI=1S/C14H18N2O3/c1-9-7-16(8-10(2)19-9)14(18)12-5-3-11(4-6-12)13(15)17/h3-6,9-10H,7-8H2,1-2H3,(H2,15,17). The molecule has 19 heavy (non-hydrogen) atoms. The molecule has 2 rings (SSSR count). The summed E-state index contributed by atoms with van der Waals surface area (Å²) in [4.78, 5) is 25.1. The summed E-state index contributed by atoms with van der Waals surface area (Å²) in [5.74, 6) is -0.536. The lowest BCUT2D eigenvalue weighted by atomic mass is 10.1. The van der Waals surface area contributed by atoms with Gasteiger partial charge in [0.05, 0.1) is 12.2 Å². The maximum absolute atomic E-state index is 12.3. The largest absolute Gasteiger partial charge is 0.372 e. The van der Waals surface area contributed by atoms with Crippen molar-refractivity contribution in [1.82, 2.24) is 4.90 Å². The highest BCUT2D eigenvalue weighted by Gasteiger charge is 2.26. The van der Waals surface area contributed by atoms with Gasteiger partial charge >= 0.3 is 0 Å². The lowest BCUT2D eigenvalue weighted by molar-refractivity contribution is -0.0586. The van der Waals surface area contributed by atoms with Crippen molar-refractivity contribution in [2.75, 3.05) is 13.1 Å². The zero-order valence-electron chi connectivity index (χ0n) is 11.1. The molecule has 1 fully saturated rings. The third-order valence-corrected chi connectivity index (χ3v) is 3.12. The molecule has 1 aromatic carbocycles. The summed E-state index contributed by atoms with van der Waals surface area (Å²) in [5, 5.41) is 0. The monoisotopic (exact) mass is 262 g/mol. The number of nitrogens with two attached hydrogens (primary N) is 1. The van der Waals surface area contributed by atoms with Gasteiger partial charge < -0.3 is 15.4 Å². The molecule has 5 heteroatoms. The molecule has 0 aromatic heterocycles. The fraction of sp³-hybridized carbons (Fsp3) is 0.429. The molecule has 0 aliphatic carbocycles. The van der Waals surface area contributed by atoms with E-state index in [-0.39, 0.29) is 18.1 Å². The molecule has 1 heterocycles. The zero-order chi connectivity index (χ0) is 14.0. The number of nitrogens with zero attached hydrogens (tertiary/aromatic N) is 1. The number of hydrogen-bond acceptors (Lipinski definition) is 3. The van der Waals surface area contributed by atoms with Crippen LogP contribution in [-0.4, -0.2) is 42.0 Å². The predicted octanol–water partition coefficient (Wildman–Crippen LogP) is 1.03. The van der Waals surface area contributed by atoms with Crippen LogP contribution < -0.4 is 5.73 Å². The number of amides is 2. The van der Waals surface area contributed by atoms with Crippen molar-refractivity contribution in [3.63, 3.8) is 0 Å². The smallest absolute Gasteiger partial charge is 0.254 e. The Morgan fingerprint density at radius 2 is 1.58 bits per heavy atom. The number of ether oxygens (including phenoxy) is 1. The van der Waals surface area contributed by atoms with Crippen molar-refractivity contribution in [1.29, 1.82) is 0 Å². The molecule has 2 atom stereocenters. The third kappa shape index (κ3) is 3.12. The van der Waals surface area contributed by atoms with Gasteiger partial charge in [0.15, 0.2) is 0 Å². The van der Waals surface area contributed by atoms with Crippen molar-refractivity contribution < 1.29 is 14.3 Å². The highest BCUT2D eigenvalue weighted by atomic mass is 16.5. The quantitative estimate of drug-likeness (QED) is 0.865. The van der Waals surface area contributed by atoms with Crippen LogP contribution in [0.1, 0.15) is 34.6 Å². The minimum absolute atomic E-state index is 0.0394. The summed E-state index contributed by atoms with van der Waals surface area (Å²) in [6.07, 6.45) is 0.0789. The van der Waals surface area contributed by atoms with E-state index in [4.69, 9.17) is 10.5 Å². The Morgan fingerprint density at radius 1 is 1.11 bits per heavy atom. The first-order chi connectivity index (χ1) is 8.97. The van der Waals surface area contributed by atoms with Gasteiger partial charge in [0.1, 0.15) is 0 Å². The number of carbonyl (C=O) groups excluding carboxylic acids is 2. The van der Waals surface area contributed by atoms with Crippen molar-refractivity contribution in [2.45, 2.75) is 26.1 Å². The topological polar surface area (TPSA) is 72.6 Å². The van der Waals surface area contributed by atoms with E-state index in [2.05, 4.69) is 0 Å². The summed E-state index contributed by atoms with van der Waals surface area (Å²) in [6, 6.07) is 6.41. The van der Waals surface area contributed by atoms with E-state index in [1.165, 1.54) is 0 Å². The molecule has 2 N–H and O–H groups in total. The normalized spacial score (nSPS) is 23.2. The second kappa shape index (κ2) is 5.40. The van der Waals surface area contributed by atoms with Gasteiger partial charge in [-0.15, -0.1) is 0 Å². The molecule has 1 aliphatic rings. The molecular weight excluding hydrogens is 244 g/mol. The molecule has 2 unspecified atom stereocenters. The van der Waals surface area contributed by atoms with Gasteiger partial charge in [0, 0.05) is 24.2 Å². The molecule has 0 saturated carbocycles. The Hall–Kier alpha value is -1.88. The van der Waals surface area contributed by atoms with Crippen LogP contribution in [-0.2, 0) is 4.74 Å². The van der Waals surface area contributed by atoms with Crippen molar-refractivity contribution in [3.8, 4) is 0 Å². The van der Waals surface area contributed by atoms with Gasteiger partial charge in [-0.05, 0) is 38.1 Å². The Morgan fingerprint density at radius 3 is 2.05 bits per heavy atom. The third-order valence-electron chi connectivity index (χ3n) is 3.12. The van der Waals surface area contributed by atoms with Gasteiger partial charge in [0.25, 0.3) is 5.91 Å². The summed E-state index contributed by atoms with van der Waals surface area (Å²) < 4.78 is 5.60. The van der Waals surface area contributed by atoms with Gasteiger partial charge in [0.2, 0.25) is 5.91 Å². The summed E-state index contributed by atoms with van der Waals surface area (Å²) in [6.45, 7) is 5.07. The zero-order valence-corrected chi connectivity index (χ0v) is 11.1. The van der Waals surface area contributed by atoms with E-state index >= 15 is 0 Å². The number of rotatable bonds is 2. The average Bonchev–Trinajstić information content (AvgIpc) is 2.37. The summed E-state index contributed by atoms with van der Waals surface area (Å²) in [7, 11) is 0. The molecule has 0 bridgehead atoms. The van der Waals surface area contributed by atoms with Crippen LogP contribution in [0.25, 0.3) is 0 Å². The lowest BCUT2D eigenvalue weighted by Crippen LogP contribution is -2.48. The van der Waals surface area contributed by atoms with Gasteiger partial charge in [-0.25, -0.2) is 0 Å². The van der Waals surface area contributed by atoms with Crippen LogP contribution in [0.5, 0.6) is 0 Å². The minimum Gasteiger partial charge on any atom is -0.372 e. The first-order valence-electron chi connectivity index (χ1n) is 6.32. The Labute approximate surface area is 112 Å². The fourth-order valence-electron chi connectivity index (χ4n) is 2.30. The maximum atomic E-state index is 12.3. The minimum atomic E-state index is -0.493. The maximum Gasteiger partial charge on any atom is 0.254 e. The molecule has 1 aliphatic heterocycles. The van der Waals surface area contributed by atoms with E-state index in [9.17, 15) is 9.59 Å². The first kappa shape index (κ1) is 13.5. The fourth-order valence-corrected chi connectivity index (χ4v) is 2.30. The molecule has 0 spiro atoms. The summed E-state index contributed by atoms with van der Waals surface area (Å²) in [5.41, 5.74) is 6.13. The van der Waals surface area contributed by atoms with Gasteiger partial charge in [-0.3, -0.25) is 9.59 Å². The second-order valence-electron chi connectivity index (χ2n) is 4.91. The van der Waals surface area contributed by atoms with E-state index < -0.39 is 5.91 Å². The Bertz CT molecular complexity index is 474. The predicted molar refractivity (Wildman–Crippen MR) is 70.9 cm³/mol. The highest BCUT2D eigenvalue weighted by Crippen LogP contribution is 2.14. The average molecular weight is 262 g/mol. The number of morpholine rings is 1. The molecule has 0 radical (unpaired) electrons. The van der Waals surface area contributed by atoms with Crippen LogP contribution in [0, 0.1) is 0 Å². The van der Waals surface area contributed by atoms with Crippen LogP contribution >= 0.6 is 0 Å². The highest BCUT2D eigenvalue weighted by molar-refractivity contribution is 5.97. The second-order valence-corrected chi connectivity index (χ2v) is 4.91. The van der Waals surface area contributed by atoms with Crippen LogP contribution in [0.4, 0.5) is 0 Å². The molecular formula is C14H18N2O3. The first-order valence-corrected chi connectivity index (χ1v) is 6.32. The Kier molecular flexibility index (Phi) is 3.85. The van der Waals surface area contributed by atoms with Crippen molar-refractivity contribution >= 4 is 11.8 Å². The lowest BCUT2D eigenvalue weighted by Gasteiger charge is -2.35. The van der Waals surface area contributed by atoms with E-state index in [1.54, 1.807) is 29.2 Å². The van der Waals surface area contributed by atoms with Crippen LogP contribution in [0.3, 0.4) is 0 Å². The van der Waals surface area contributed by atoms with Gasteiger partial charge in [-0.1, -0.05) is 0 Å². The van der Waals surface area contributed by atoms with Gasteiger partial charge in [-0.2, -0.15) is 0 Å². The number of hydrogen-bond donors (Lipinski definition) is 1. The molecule has 2 amide bonds. The Balaban J connectivity index is 2.12. The summed E-state index contributed by atoms with van der Waals surface area (Å²) >= 11 is 0. The van der Waals surface area contributed by atoms with E-state index in [1.807, 2.05) is 13.8 Å². The van der Waals surface area contributed by atoms with Crippen molar-refractivity contribution in [2.24, 2.45) is 5.73 Å². The SMILES string of the molecule is CC1CN(C(=O)c2ccc(C(N)=O)cc2)CC(C)O1. The molecule has 1 saturated heterocycles. The number of carbonyl (C=O) groups is 2. The van der Waals surface area contributed by atoms with Crippen LogP contribution in [0.2, 0.25) is 0 Å². The van der Waals surface area contributed by atoms with E-state index in [0.717, 1.165) is 0 Å². The van der Waals surface area contributed by atoms with Crippen LogP contribution in [0.15, 0.2) is 24.3 Å².